The van der Waals surface area contributed by atoms with Crippen molar-refractivity contribution in [2.75, 3.05) is 10.6 Å². The van der Waals surface area contributed by atoms with Gasteiger partial charge in [-0.15, -0.1) is 0 Å². The number of hydrogen-bond donors (Lipinski definition) is 2. The lowest BCUT2D eigenvalue weighted by atomic mass is 9.85. The van der Waals surface area contributed by atoms with Crippen molar-refractivity contribution in [3.63, 3.8) is 0 Å². The summed E-state index contributed by atoms with van der Waals surface area (Å²) in [4.78, 5) is 50.8. The second-order valence-electron chi connectivity index (χ2n) is 9.68. The molecule has 2 N–H and O–H groups in total. The Balaban J connectivity index is 1.70. The van der Waals surface area contributed by atoms with Crippen molar-refractivity contribution in [2.45, 2.75) is 53.2 Å². The molecule has 0 bridgehead atoms. The van der Waals surface area contributed by atoms with E-state index in [1.807, 2.05) is 39.8 Å². The molecule has 3 aromatic rings. The average molecular weight is 484 g/mol. The number of aryl methyl sites for hydroxylation is 1. The van der Waals surface area contributed by atoms with Crippen molar-refractivity contribution in [3.8, 4) is 0 Å². The maximum atomic E-state index is 13.1. The molecule has 1 aliphatic heterocycles. The van der Waals surface area contributed by atoms with Gasteiger partial charge in [-0.05, 0) is 43.5 Å². The SMILES string of the molecule is Cc1ccc([C@H](Nc2c(Nc3ccc(Cl)c4c3C(=O)N(C(C)C=O)C4)c(=O)c2=O)C(C)(C)C)o1. The van der Waals surface area contributed by atoms with E-state index >= 15 is 0 Å². The first-order valence-electron chi connectivity index (χ1n) is 10.9. The molecule has 4 rings (SSSR count). The van der Waals surface area contributed by atoms with Gasteiger partial charge in [0.25, 0.3) is 16.8 Å². The molecular weight excluding hydrogens is 458 g/mol. The van der Waals surface area contributed by atoms with Gasteiger partial charge in [0.05, 0.1) is 23.3 Å². The number of carbonyl (C=O) groups excluding carboxylic acids is 2. The normalized spacial score (nSPS) is 15.4. The van der Waals surface area contributed by atoms with Gasteiger partial charge < -0.3 is 24.7 Å². The Morgan fingerprint density at radius 2 is 1.76 bits per heavy atom. The van der Waals surface area contributed by atoms with Crippen molar-refractivity contribution < 1.29 is 14.0 Å². The summed E-state index contributed by atoms with van der Waals surface area (Å²) in [6.07, 6.45) is 0.687. The van der Waals surface area contributed by atoms with Gasteiger partial charge >= 0.3 is 0 Å². The summed E-state index contributed by atoms with van der Waals surface area (Å²) in [5, 5.41) is 6.55. The number of fused-ring (bicyclic) bond motifs is 1. The highest BCUT2D eigenvalue weighted by molar-refractivity contribution is 6.32. The van der Waals surface area contributed by atoms with E-state index in [1.54, 1.807) is 19.1 Å². The van der Waals surface area contributed by atoms with Crippen molar-refractivity contribution >= 4 is 40.9 Å². The van der Waals surface area contributed by atoms with E-state index in [4.69, 9.17) is 16.0 Å². The molecule has 0 saturated heterocycles. The summed E-state index contributed by atoms with van der Waals surface area (Å²) in [5.41, 5.74) is -0.267. The molecule has 2 aromatic carbocycles. The summed E-state index contributed by atoms with van der Waals surface area (Å²) in [5.74, 6) is 1.01. The topological polar surface area (TPSA) is 109 Å². The molecule has 9 heteroatoms. The third-order valence-corrected chi connectivity index (χ3v) is 6.47. The first-order valence-corrected chi connectivity index (χ1v) is 11.3. The summed E-state index contributed by atoms with van der Waals surface area (Å²) in [6, 6.07) is 5.87. The van der Waals surface area contributed by atoms with Crippen LogP contribution in [-0.4, -0.2) is 23.1 Å². The predicted octanol–water partition coefficient (Wildman–Crippen LogP) is 4.32. The van der Waals surface area contributed by atoms with Crippen LogP contribution in [0.4, 0.5) is 17.1 Å². The minimum atomic E-state index is -0.682. The van der Waals surface area contributed by atoms with Gasteiger partial charge in [-0.3, -0.25) is 14.4 Å². The Morgan fingerprint density at radius 3 is 2.35 bits per heavy atom. The number of furan rings is 1. The molecule has 0 radical (unpaired) electrons. The second kappa shape index (κ2) is 8.43. The van der Waals surface area contributed by atoms with E-state index in [2.05, 4.69) is 10.6 Å². The zero-order chi connectivity index (χ0) is 24.9. The van der Waals surface area contributed by atoms with Crippen molar-refractivity contribution in [1.82, 2.24) is 4.90 Å². The Kier molecular flexibility index (Phi) is 5.89. The van der Waals surface area contributed by atoms with Crippen LogP contribution in [0.25, 0.3) is 0 Å². The minimum Gasteiger partial charge on any atom is -0.464 e. The van der Waals surface area contributed by atoms with Crippen molar-refractivity contribution in [2.24, 2.45) is 5.41 Å². The van der Waals surface area contributed by atoms with E-state index in [0.717, 1.165) is 5.76 Å². The maximum absolute atomic E-state index is 13.1. The molecule has 0 fully saturated rings. The lowest BCUT2D eigenvalue weighted by molar-refractivity contribution is -0.111. The minimum absolute atomic E-state index is 0.0711. The van der Waals surface area contributed by atoms with Crippen LogP contribution in [0.3, 0.4) is 0 Å². The fourth-order valence-corrected chi connectivity index (χ4v) is 4.38. The number of benzene rings is 1. The third kappa shape index (κ3) is 3.92. The maximum Gasteiger partial charge on any atom is 0.257 e. The fourth-order valence-electron chi connectivity index (χ4n) is 4.16. The number of nitrogens with one attached hydrogen (secondary N) is 2. The van der Waals surface area contributed by atoms with E-state index in [0.29, 0.717) is 28.3 Å². The standard InChI is InChI=1S/C25H26ClN3O5/c1-12(11-30)29-10-14-15(26)7-8-16(18(14)24(29)33)27-19-20(22(32)21(19)31)28-23(25(3,4)5)17-9-6-13(2)34-17/h6-9,11-12,23,27-28H,10H2,1-5H3/t12?,23-/m0/s1. The zero-order valence-corrected chi connectivity index (χ0v) is 20.4. The highest BCUT2D eigenvalue weighted by Crippen LogP contribution is 2.40. The molecule has 2 heterocycles. The number of aldehydes is 1. The molecule has 1 amide bonds. The molecular formula is C25H26ClN3O5. The number of nitrogens with zero attached hydrogens (tertiary/aromatic N) is 1. The number of hydrogen-bond acceptors (Lipinski definition) is 7. The van der Waals surface area contributed by atoms with Gasteiger partial charge in [0.1, 0.15) is 29.2 Å². The molecule has 0 aliphatic carbocycles. The van der Waals surface area contributed by atoms with Crippen LogP contribution in [0.5, 0.6) is 0 Å². The van der Waals surface area contributed by atoms with Gasteiger partial charge in [-0.2, -0.15) is 0 Å². The highest BCUT2D eigenvalue weighted by Gasteiger charge is 2.36. The van der Waals surface area contributed by atoms with Crippen LogP contribution >= 0.6 is 11.6 Å². The first kappa shape index (κ1) is 23.8. The summed E-state index contributed by atoms with van der Waals surface area (Å²) in [6.45, 7) is 9.63. The van der Waals surface area contributed by atoms with Gasteiger partial charge in [-0.1, -0.05) is 32.4 Å². The molecule has 1 unspecified atom stereocenters. The molecule has 0 spiro atoms. The van der Waals surface area contributed by atoms with Crippen LogP contribution < -0.4 is 21.5 Å². The Morgan fingerprint density at radius 1 is 1.09 bits per heavy atom. The van der Waals surface area contributed by atoms with Crippen molar-refractivity contribution in [3.05, 3.63) is 72.4 Å². The summed E-state index contributed by atoms with van der Waals surface area (Å²) < 4.78 is 5.79. The number of carbonyl (C=O) groups is 2. The average Bonchev–Trinajstić information content (AvgIpc) is 3.36. The van der Waals surface area contributed by atoms with Crippen LogP contribution in [0.15, 0.2) is 38.3 Å². The Labute approximate surface area is 201 Å². The molecule has 178 valence electrons. The molecule has 8 nitrogen and oxygen atoms in total. The zero-order valence-electron chi connectivity index (χ0n) is 19.6. The molecule has 1 aromatic heterocycles. The van der Waals surface area contributed by atoms with Crippen LogP contribution in [0.1, 0.15) is 61.2 Å². The Hall–Kier alpha value is -3.39. The summed E-state index contributed by atoms with van der Waals surface area (Å²) >= 11 is 6.32. The largest absolute Gasteiger partial charge is 0.464 e. The predicted molar refractivity (Wildman–Crippen MR) is 131 cm³/mol. The van der Waals surface area contributed by atoms with Gasteiger partial charge in [-0.25, -0.2) is 0 Å². The van der Waals surface area contributed by atoms with E-state index in [9.17, 15) is 19.2 Å². The number of anilines is 3. The molecule has 1 aliphatic rings. The molecule has 2 atom stereocenters. The van der Waals surface area contributed by atoms with E-state index in [1.165, 1.54) is 4.90 Å². The summed E-state index contributed by atoms with van der Waals surface area (Å²) in [7, 11) is 0. The number of rotatable bonds is 7. The van der Waals surface area contributed by atoms with Crippen molar-refractivity contribution in [1.29, 1.82) is 0 Å². The molecule has 34 heavy (non-hydrogen) atoms. The van der Waals surface area contributed by atoms with Gasteiger partial charge in [0.15, 0.2) is 0 Å². The second-order valence-corrected chi connectivity index (χ2v) is 10.1. The fraction of sp³-hybridized carbons (Fsp3) is 0.360. The van der Waals surface area contributed by atoms with Crippen LogP contribution in [0, 0.1) is 12.3 Å². The first-order chi connectivity index (χ1) is 15.9. The highest BCUT2D eigenvalue weighted by atomic mass is 35.5. The van der Waals surface area contributed by atoms with Crippen LogP contribution in [-0.2, 0) is 11.3 Å². The lowest BCUT2D eigenvalue weighted by Gasteiger charge is -2.31. The Bertz CT molecular complexity index is 1360. The van der Waals surface area contributed by atoms with E-state index in [-0.39, 0.29) is 40.8 Å². The number of amides is 1. The molecule has 0 saturated carbocycles. The quantitative estimate of drug-likeness (QED) is 0.380. The third-order valence-electron chi connectivity index (χ3n) is 6.12. The number of halogens is 1. The van der Waals surface area contributed by atoms with Crippen LogP contribution in [0.2, 0.25) is 5.02 Å². The lowest BCUT2D eigenvalue weighted by Crippen LogP contribution is -2.39. The van der Waals surface area contributed by atoms with Gasteiger partial charge in [0, 0.05) is 17.1 Å². The monoisotopic (exact) mass is 483 g/mol. The smallest absolute Gasteiger partial charge is 0.257 e. The van der Waals surface area contributed by atoms with E-state index < -0.39 is 16.9 Å². The van der Waals surface area contributed by atoms with Gasteiger partial charge in [0.2, 0.25) is 0 Å².